The predicted molar refractivity (Wildman–Crippen MR) is 158 cm³/mol. The van der Waals surface area contributed by atoms with Crippen molar-refractivity contribution in [1.82, 2.24) is 4.90 Å². The van der Waals surface area contributed by atoms with E-state index in [1.54, 1.807) is 60.8 Å². The Bertz CT molecular complexity index is 1210. The lowest BCUT2D eigenvalue weighted by Crippen LogP contribution is -2.40. The zero-order valence-corrected chi connectivity index (χ0v) is 24.2. The molecule has 1 amide bonds. The summed E-state index contributed by atoms with van der Waals surface area (Å²) in [7, 11) is 0. The van der Waals surface area contributed by atoms with Crippen LogP contribution in [0.4, 0.5) is 10.1 Å². The number of ketones is 1. The third-order valence-electron chi connectivity index (χ3n) is 5.90. The third-order valence-corrected chi connectivity index (χ3v) is 6.48. The Kier molecular flexibility index (Phi) is 10.5. The first-order valence-corrected chi connectivity index (χ1v) is 13.8. The zero-order chi connectivity index (χ0) is 27.0. The largest absolute Gasteiger partial charge is 0.337 e. The molecule has 196 valence electrons. The third kappa shape index (κ3) is 8.78. The van der Waals surface area contributed by atoms with Gasteiger partial charge in [0.05, 0.1) is 5.69 Å². The highest BCUT2D eigenvalue weighted by atomic mass is 127. The second-order valence-electron chi connectivity index (χ2n) is 9.58. The second-order valence-corrected chi connectivity index (χ2v) is 12.9. The Morgan fingerprint density at radius 3 is 2.59 bits per heavy atom. The summed E-state index contributed by atoms with van der Waals surface area (Å²) in [5.74, 6) is -0.749. The number of carbonyl (C=O) groups is 2. The maximum atomic E-state index is 13.7. The molecule has 0 radical (unpaired) electrons. The summed E-state index contributed by atoms with van der Waals surface area (Å²) in [6.45, 7) is 7.25. The van der Waals surface area contributed by atoms with Crippen molar-refractivity contribution in [2.75, 3.05) is 18.1 Å². The maximum absolute atomic E-state index is 13.7. The van der Waals surface area contributed by atoms with E-state index in [0.717, 1.165) is 0 Å². The number of alkyl halides is 1. The number of hydrogen-bond donors (Lipinski definition) is 0. The molecule has 8 heteroatoms. The van der Waals surface area contributed by atoms with E-state index in [4.69, 9.17) is 11.6 Å². The Morgan fingerprint density at radius 2 is 1.92 bits per heavy atom. The fourth-order valence-electron chi connectivity index (χ4n) is 4.12. The number of halogens is 3. The molecule has 0 N–H and O–H groups in total. The van der Waals surface area contributed by atoms with Crippen LogP contribution < -0.4 is 5.01 Å². The molecule has 0 fully saturated rings. The van der Waals surface area contributed by atoms with Crippen molar-refractivity contribution >= 4 is 57.3 Å². The number of allylic oxidation sites excluding steroid dienone is 3. The highest BCUT2D eigenvalue weighted by molar-refractivity contribution is 14.1. The number of amides is 1. The van der Waals surface area contributed by atoms with Crippen LogP contribution in [0.3, 0.4) is 0 Å². The molecule has 1 atom stereocenters. The van der Waals surface area contributed by atoms with Crippen molar-refractivity contribution in [2.24, 2.45) is 11.0 Å². The average Bonchev–Trinajstić information content (AvgIpc) is 3.11. The summed E-state index contributed by atoms with van der Waals surface area (Å²) in [5.41, 5.74) is 1.41. The highest BCUT2D eigenvalue weighted by Gasteiger charge is 2.26. The van der Waals surface area contributed by atoms with Crippen LogP contribution in [0.25, 0.3) is 0 Å². The quantitative estimate of drug-likeness (QED) is 0.190. The van der Waals surface area contributed by atoms with Crippen molar-refractivity contribution in [3.63, 3.8) is 0 Å². The van der Waals surface area contributed by atoms with Gasteiger partial charge in [0.25, 0.3) is 5.91 Å². The topological polar surface area (TPSA) is 53.0 Å². The smallest absolute Gasteiger partial charge is 0.253 e. The van der Waals surface area contributed by atoms with E-state index < -0.39 is 0 Å². The summed E-state index contributed by atoms with van der Waals surface area (Å²) in [5, 5.41) is 6.54. The molecule has 5 nitrogen and oxygen atoms in total. The summed E-state index contributed by atoms with van der Waals surface area (Å²) in [6, 6.07) is 13.1. The minimum atomic E-state index is -0.371. The highest BCUT2D eigenvalue weighted by Crippen LogP contribution is 2.23. The molecule has 0 spiro atoms. The number of hydrogen-bond acceptors (Lipinski definition) is 4. The summed E-state index contributed by atoms with van der Waals surface area (Å²) in [4.78, 5) is 28.5. The van der Waals surface area contributed by atoms with E-state index in [9.17, 15) is 14.0 Å². The molecule has 1 unspecified atom stereocenters. The van der Waals surface area contributed by atoms with Gasteiger partial charge in [0.2, 0.25) is 0 Å². The molecule has 2 aromatic rings. The van der Waals surface area contributed by atoms with E-state index in [2.05, 4.69) is 41.5 Å². The van der Waals surface area contributed by atoms with Gasteiger partial charge in [-0.3, -0.25) is 9.59 Å². The maximum Gasteiger partial charge on any atom is 0.253 e. The van der Waals surface area contributed by atoms with E-state index in [1.165, 1.54) is 17.1 Å². The number of carbonyl (C=O) groups excluding carboxylic acids is 2. The van der Waals surface area contributed by atoms with Gasteiger partial charge in [-0.1, -0.05) is 59.3 Å². The van der Waals surface area contributed by atoms with Crippen LogP contribution >= 0.6 is 34.2 Å². The van der Waals surface area contributed by atoms with E-state index in [-0.39, 0.29) is 26.8 Å². The Balaban J connectivity index is 1.70. The Hall–Kier alpha value is -2.52. The number of anilines is 1. The van der Waals surface area contributed by atoms with Crippen molar-refractivity contribution in [1.29, 1.82) is 0 Å². The molecule has 2 aromatic carbocycles. The Labute approximate surface area is 237 Å². The molecule has 1 aliphatic rings. The standard InChI is InChI=1S/C29H32ClFIN3O2/c1-4-21(27(36)26-15-5-6-17-35(33-26)25-14-8-13-24(31)19-25)11-9-16-34(20-29(2,3)32)28(37)22-10-7-12-23(30)18-22/h5-8,10,12-15,17-19,21H,4,9,11,16,20H2,1-3H3. The molecular weight excluding hydrogens is 604 g/mol. The molecule has 0 aromatic heterocycles. The number of Topliss-reactive ketones (excluding diaryl/α,β-unsaturated/α-hetero) is 1. The van der Waals surface area contributed by atoms with Crippen molar-refractivity contribution < 1.29 is 14.0 Å². The first kappa shape index (κ1) is 29.0. The lowest BCUT2D eigenvalue weighted by atomic mass is 9.92. The van der Waals surface area contributed by atoms with Gasteiger partial charge in [-0.25, -0.2) is 9.40 Å². The number of rotatable bonds is 11. The molecule has 0 aliphatic carbocycles. The van der Waals surface area contributed by atoms with Crippen LogP contribution in [0.2, 0.25) is 5.02 Å². The van der Waals surface area contributed by atoms with E-state index in [1.807, 2.05) is 11.8 Å². The summed E-state index contributed by atoms with van der Waals surface area (Å²) >= 11 is 8.46. The monoisotopic (exact) mass is 635 g/mol. The zero-order valence-electron chi connectivity index (χ0n) is 21.3. The van der Waals surface area contributed by atoms with Crippen LogP contribution in [0.1, 0.15) is 50.4 Å². The summed E-state index contributed by atoms with van der Waals surface area (Å²) in [6.07, 6.45) is 8.85. The van der Waals surface area contributed by atoms with Crippen LogP contribution in [0.5, 0.6) is 0 Å². The Morgan fingerprint density at radius 1 is 1.16 bits per heavy atom. The molecule has 0 saturated carbocycles. The lowest BCUT2D eigenvalue weighted by Gasteiger charge is -2.29. The average molecular weight is 636 g/mol. The van der Waals surface area contributed by atoms with Crippen molar-refractivity contribution in [3.05, 3.63) is 89.4 Å². The van der Waals surface area contributed by atoms with Crippen LogP contribution in [0.15, 0.2) is 78.1 Å². The minimum Gasteiger partial charge on any atom is -0.337 e. The van der Waals surface area contributed by atoms with Crippen LogP contribution in [-0.2, 0) is 4.79 Å². The van der Waals surface area contributed by atoms with E-state index >= 15 is 0 Å². The van der Waals surface area contributed by atoms with Gasteiger partial charge in [0.1, 0.15) is 11.5 Å². The van der Waals surface area contributed by atoms with Gasteiger partial charge in [0, 0.05) is 39.2 Å². The number of nitrogens with zero attached hydrogens (tertiary/aromatic N) is 3. The van der Waals surface area contributed by atoms with Gasteiger partial charge in [-0.05, 0) is 81.7 Å². The van der Waals surface area contributed by atoms with Gasteiger partial charge in [-0.15, -0.1) is 0 Å². The molecule has 37 heavy (non-hydrogen) atoms. The molecule has 0 saturated heterocycles. The first-order valence-electron chi connectivity index (χ1n) is 12.3. The normalized spacial score (nSPS) is 14.2. The predicted octanol–water partition coefficient (Wildman–Crippen LogP) is 7.46. The van der Waals surface area contributed by atoms with Gasteiger partial charge in [-0.2, -0.15) is 5.10 Å². The number of benzene rings is 2. The van der Waals surface area contributed by atoms with Gasteiger partial charge >= 0.3 is 0 Å². The fourth-order valence-corrected chi connectivity index (χ4v) is 4.73. The number of hydrazone groups is 1. The lowest BCUT2D eigenvalue weighted by molar-refractivity contribution is -0.116. The van der Waals surface area contributed by atoms with Crippen molar-refractivity contribution in [2.45, 2.75) is 43.5 Å². The molecule has 1 heterocycles. The first-order chi connectivity index (χ1) is 17.6. The van der Waals surface area contributed by atoms with Gasteiger partial charge < -0.3 is 4.90 Å². The SMILES string of the molecule is CCC(CCCN(CC(C)(C)I)C(=O)c1cccc(Cl)c1)C(=O)C1=NN(c2cccc(F)c2)C=CC=C1. The molecule has 0 bridgehead atoms. The minimum absolute atomic E-state index is 0.0641. The van der Waals surface area contributed by atoms with Gasteiger partial charge in [0.15, 0.2) is 5.78 Å². The second kappa shape index (κ2) is 13.3. The van der Waals surface area contributed by atoms with Crippen LogP contribution in [-0.4, -0.2) is 38.8 Å². The van der Waals surface area contributed by atoms with Crippen LogP contribution in [0, 0.1) is 11.7 Å². The molecule has 1 aliphatic heterocycles. The van der Waals surface area contributed by atoms with E-state index in [0.29, 0.717) is 54.3 Å². The fraction of sp³-hybridized carbons (Fsp3) is 0.345. The van der Waals surface area contributed by atoms with Crippen molar-refractivity contribution in [3.8, 4) is 0 Å². The molecular formula is C29H32ClFIN3O2. The summed E-state index contributed by atoms with van der Waals surface area (Å²) < 4.78 is 13.6. The molecule has 3 rings (SSSR count).